The number of nitrogens with zero attached hydrogens (tertiary/aromatic N) is 1. The van der Waals surface area contributed by atoms with E-state index in [0.717, 1.165) is 5.56 Å². The summed E-state index contributed by atoms with van der Waals surface area (Å²) in [7, 11) is -3.09. The normalized spacial score (nSPS) is 11.2. The average Bonchev–Trinajstić information content (AvgIpc) is 2.29. The predicted octanol–water partition coefficient (Wildman–Crippen LogP) is 4.09. The fourth-order valence-corrected chi connectivity index (χ4v) is 3.70. The Morgan fingerprint density at radius 3 is 2.39 bits per heavy atom. The van der Waals surface area contributed by atoms with E-state index < -0.39 is 7.60 Å². The van der Waals surface area contributed by atoms with Crippen molar-refractivity contribution in [3.05, 3.63) is 33.8 Å². The van der Waals surface area contributed by atoms with E-state index >= 15 is 0 Å². The first kappa shape index (κ1) is 15.4. The van der Waals surface area contributed by atoms with Crippen LogP contribution in [0.1, 0.15) is 25.0 Å². The number of hydrogen-bond donors (Lipinski definition) is 0. The van der Waals surface area contributed by atoms with E-state index in [9.17, 15) is 4.57 Å². The van der Waals surface area contributed by atoms with E-state index in [4.69, 9.17) is 14.3 Å². The lowest BCUT2D eigenvalue weighted by molar-refractivity contribution is 0.219. The van der Waals surface area contributed by atoms with Crippen LogP contribution in [-0.2, 0) is 19.8 Å². The molecular weight excluding hydrogens is 317 g/mol. The first-order valence-electron chi connectivity index (χ1n) is 5.61. The lowest BCUT2D eigenvalue weighted by Gasteiger charge is -2.17. The van der Waals surface area contributed by atoms with Crippen molar-refractivity contribution in [2.45, 2.75) is 20.0 Å². The van der Waals surface area contributed by atoms with Crippen molar-refractivity contribution in [1.29, 1.82) is 5.26 Å². The number of rotatable bonds is 6. The summed E-state index contributed by atoms with van der Waals surface area (Å²) in [6, 6.07) is 7.26. The summed E-state index contributed by atoms with van der Waals surface area (Å²) in [6.45, 7) is 4.24. The third-order valence-electron chi connectivity index (χ3n) is 2.18. The van der Waals surface area contributed by atoms with Gasteiger partial charge in [0.2, 0.25) is 0 Å². The Bertz CT molecular complexity index is 489. The number of nitriles is 1. The van der Waals surface area contributed by atoms with Crippen molar-refractivity contribution < 1.29 is 13.6 Å². The van der Waals surface area contributed by atoms with Crippen LogP contribution < -0.4 is 0 Å². The van der Waals surface area contributed by atoms with E-state index in [1.54, 1.807) is 32.0 Å². The minimum absolute atomic E-state index is 0.207. The summed E-state index contributed by atoms with van der Waals surface area (Å²) in [5, 5.41) is 8.83. The molecule has 0 unspecified atom stereocenters. The molecule has 0 saturated carbocycles. The van der Waals surface area contributed by atoms with Crippen molar-refractivity contribution in [1.82, 2.24) is 0 Å². The van der Waals surface area contributed by atoms with Crippen LogP contribution in [0.25, 0.3) is 0 Å². The molecule has 0 aliphatic carbocycles. The molecule has 1 aromatic carbocycles. The van der Waals surface area contributed by atoms with Crippen molar-refractivity contribution in [3.63, 3.8) is 0 Å². The van der Waals surface area contributed by atoms with Gasteiger partial charge in [0.25, 0.3) is 0 Å². The topological polar surface area (TPSA) is 59.3 Å². The molecule has 0 bridgehead atoms. The van der Waals surface area contributed by atoms with Gasteiger partial charge in [0.15, 0.2) is 0 Å². The van der Waals surface area contributed by atoms with Crippen LogP contribution in [0.3, 0.4) is 0 Å². The van der Waals surface area contributed by atoms with Gasteiger partial charge >= 0.3 is 7.60 Å². The van der Waals surface area contributed by atoms with Crippen LogP contribution in [0, 0.1) is 11.3 Å². The molecule has 0 atom stereocenters. The highest BCUT2D eigenvalue weighted by molar-refractivity contribution is 9.10. The quantitative estimate of drug-likeness (QED) is 0.736. The summed E-state index contributed by atoms with van der Waals surface area (Å²) >= 11 is 3.30. The van der Waals surface area contributed by atoms with Gasteiger partial charge < -0.3 is 9.05 Å². The highest BCUT2D eigenvalue weighted by Gasteiger charge is 2.24. The number of hydrogen-bond acceptors (Lipinski definition) is 4. The summed E-state index contributed by atoms with van der Waals surface area (Å²) in [6.07, 6.45) is 0.207. The minimum Gasteiger partial charge on any atom is -0.309 e. The van der Waals surface area contributed by atoms with Crippen LogP contribution in [0.15, 0.2) is 22.7 Å². The third kappa shape index (κ3) is 4.22. The molecule has 0 aliphatic rings. The first-order valence-corrected chi connectivity index (χ1v) is 8.13. The Labute approximate surface area is 116 Å². The van der Waals surface area contributed by atoms with Crippen molar-refractivity contribution in [3.8, 4) is 6.07 Å². The molecule has 0 radical (unpaired) electrons. The maximum absolute atomic E-state index is 12.3. The molecule has 0 heterocycles. The van der Waals surface area contributed by atoms with Gasteiger partial charge in [-0.3, -0.25) is 4.57 Å². The SMILES string of the molecule is CCOP(=O)(Cc1ccc(C#N)c(Br)c1)OCC. The average molecular weight is 332 g/mol. The van der Waals surface area contributed by atoms with Crippen LogP contribution in [0.5, 0.6) is 0 Å². The fourth-order valence-electron chi connectivity index (χ4n) is 1.49. The molecule has 0 spiro atoms. The molecule has 0 fully saturated rings. The molecule has 0 aliphatic heterocycles. The summed E-state index contributed by atoms with van der Waals surface area (Å²) < 4.78 is 23.5. The van der Waals surface area contributed by atoms with Crippen molar-refractivity contribution in [2.75, 3.05) is 13.2 Å². The highest BCUT2D eigenvalue weighted by Crippen LogP contribution is 2.51. The molecule has 0 amide bonds. The molecule has 98 valence electrons. The molecule has 6 heteroatoms. The van der Waals surface area contributed by atoms with E-state index in [1.807, 2.05) is 0 Å². The van der Waals surface area contributed by atoms with Gasteiger partial charge in [-0.2, -0.15) is 5.26 Å². The zero-order chi connectivity index (χ0) is 13.6. The van der Waals surface area contributed by atoms with Crippen molar-refractivity contribution >= 4 is 23.5 Å². The van der Waals surface area contributed by atoms with Gasteiger partial charge in [-0.05, 0) is 47.5 Å². The second kappa shape index (κ2) is 7.06. The highest BCUT2D eigenvalue weighted by atomic mass is 79.9. The van der Waals surface area contributed by atoms with Crippen LogP contribution in [0.2, 0.25) is 0 Å². The Kier molecular flexibility index (Phi) is 6.04. The molecular formula is C12H15BrNO3P. The lowest BCUT2D eigenvalue weighted by atomic mass is 10.2. The second-order valence-electron chi connectivity index (χ2n) is 3.53. The van der Waals surface area contributed by atoms with Crippen LogP contribution in [0.4, 0.5) is 0 Å². The van der Waals surface area contributed by atoms with E-state index in [1.165, 1.54) is 0 Å². The number of halogens is 1. The first-order chi connectivity index (χ1) is 8.54. The fraction of sp³-hybridized carbons (Fsp3) is 0.417. The second-order valence-corrected chi connectivity index (χ2v) is 6.44. The largest absolute Gasteiger partial charge is 0.335 e. The van der Waals surface area contributed by atoms with Gasteiger partial charge in [-0.1, -0.05) is 6.07 Å². The van der Waals surface area contributed by atoms with Gasteiger partial charge in [0.05, 0.1) is 24.9 Å². The molecule has 0 saturated heterocycles. The Hall–Kier alpha value is -0.660. The summed E-state index contributed by atoms with van der Waals surface area (Å²) in [4.78, 5) is 0. The third-order valence-corrected chi connectivity index (χ3v) is 4.89. The zero-order valence-electron chi connectivity index (χ0n) is 10.4. The zero-order valence-corrected chi connectivity index (χ0v) is 12.8. The summed E-state index contributed by atoms with van der Waals surface area (Å²) in [5.41, 5.74) is 1.35. The predicted molar refractivity (Wildman–Crippen MR) is 73.4 cm³/mol. The maximum atomic E-state index is 12.3. The van der Waals surface area contributed by atoms with Crippen molar-refractivity contribution in [2.24, 2.45) is 0 Å². The maximum Gasteiger partial charge on any atom is 0.335 e. The van der Waals surface area contributed by atoms with E-state index in [0.29, 0.717) is 23.2 Å². The summed E-state index contributed by atoms with van der Waals surface area (Å²) in [5.74, 6) is 0. The van der Waals surface area contributed by atoms with Gasteiger partial charge in [0, 0.05) is 4.47 Å². The van der Waals surface area contributed by atoms with Crippen LogP contribution >= 0.6 is 23.5 Å². The molecule has 0 aromatic heterocycles. The van der Waals surface area contributed by atoms with Gasteiger partial charge in [-0.25, -0.2) is 0 Å². The Morgan fingerprint density at radius 2 is 1.94 bits per heavy atom. The molecule has 18 heavy (non-hydrogen) atoms. The van der Waals surface area contributed by atoms with Gasteiger partial charge in [-0.15, -0.1) is 0 Å². The van der Waals surface area contributed by atoms with E-state index in [-0.39, 0.29) is 6.16 Å². The molecule has 1 aromatic rings. The lowest BCUT2D eigenvalue weighted by Crippen LogP contribution is -1.99. The minimum atomic E-state index is -3.09. The standard InChI is InChI=1S/C12H15BrNO3P/c1-3-16-18(15,17-4-2)9-10-5-6-11(8-14)12(13)7-10/h5-7H,3-4,9H2,1-2H3. The Morgan fingerprint density at radius 1 is 1.33 bits per heavy atom. The molecule has 1 rings (SSSR count). The number of benzene rings is 1. The van der Waals surface area contributed by atoms with Crippen LogP contribution in [-0.4, -0.2) is 13.2 Å². The van der Waals surface area contributed by atoms with E-state index in [2.05, 4.69) is 22.0 Å². The Balaban J connectivity index is 2.92. The van der Waals surface area contributed by atoms with Gasteiger partial charge in [0.1, 0.15) is 6.07 Å². The molecule has 4 nitrogen and oxygen atoms in total. The monoisotopic (exact) mass is 331 g/mol. The molecule has 0 N–H and O–H groups in total. The smallest absolute Gasteiger partial charge is 0.309 e.